The highest BCUT2D eigenvalue weighted by Gasteiger charge is 2.48. The molecule has 0 radical (unpaired) electrons. The summed E-state index contributed by atoms with van der Waals surface area (Å²) in [6, 6.07) is 0. The largest absolute Gasteiger partial charge is 0.465 e. The van der Waals surface area contributed by atoms with Gasteiger partial charge in [0.15, 0.2) is 0 Å². The van der Waals surface area contributed by atoms with Crippen molar-refractivity contribution in [2.75, 3.05) is 6.61 Å². The van der Waals surface area contributed by atoms with Crippen LogP contribution < -0.4 is 0 Å². The normalized spacial score (nSPS) is 21.8. The highest BCUT2D eigenvalue weighted by Crippen LogP contribution is 2.44. The lowest BCUT2D eigenvalue weighted by Crippen LogP contribution is -2.39. The number of carbonyl (C=O) groups is 1. The summed E-state index contributed by atoms with van der Waals surface area (Å²) in [5, 5.41) is 2.12. The molecule has 5 heteroatoms. The first-order valence-electron chi connectivity index (χ1n) is 5.14. The minimum atomic E-state index is -2.70. The number of esters is 1. The van der Waals surface area contributed by atoms with Gasteiger partial charge < -0.3 is 4.74 Å². The minimum absolute atomic E-state index is 0.00144. The first-order valence-corrected chi connectivity index (χ1v) is 5.51. The molecule has 0 bridgehead atoms. The minimum Gasteiger partial charge on any atom is -0.465 e. The van der Waals surface area contributed by atoms with E-state index in [2.05, 4.69) is 11.3 Å². The van der Waals surface area contributed by atoms with E-state index < -0.39 is 17.3 Å². The molecule has 0 saturated heterocycles. The van der Waals surface area contributed by atoms with Gasteiger partial charge in [-0.25, -0.2) is 8.78 Å². The molecule has 0 N–H and O–H groups in total. The SMILES string of the molecule is CCOC(=O)C1(C#CCl)CCC(F)(F)CC1. The van der Waals surface area contributed by atoms with Crippen LogP contribution in [0.25, 0.3) is 0 Å². The number of alkyl halides is 2. The third-order valence-corrected chi connectivity index (χ3v) is 2.88. The fraction of sp³-hybridized carbons (Fsp3) is 0.727. The molecule has 2 nitrogen and oxygen atoms in total. The maximum Gasteiger partial charge on any atom is 0.324 e. The fourth-order valence-electron chi connectivity index (χ4n) is 1.78. The summed E-state index contributed by atoms with van der Waals surface area (Å²) < 4.78 is 30.9. The first-order chi connectivity index (χ1) is 7.46. The summed E-state index contributed by atoms with van der Waals surface area (Å²) in [7, 11) is 0. The second-order valence-corrected chi connectivity index (χ2v) is 4.07. The van der Waals surface area contributed by atoms with Crippen LogP contribution in [-0.2, 0) is 9.53 Å². The molecular formula is C11H13ClF2O2. The predicted octanol–water partition coefficient (Wildman–Crippen LogP) is 2.94. The van der Waals surface area contributed by atoms with Crippen molar-refractivity contribution < 1.29 is 18.3 Å². The van der Waals surface area contributed by atoms with Crippen molar-refractivity contribution >= 4 is 17.6 Å². The highest BCUT2D eigenvalue weighted by atomic mass is 35.5. The average Bonchev–Trinajstić information content (AvgIpc) is 2.22. The Morgan fingerprint density at radius 3 is 2.38 bits per heavy atom. The molecule has 90 valence electrons. The van der Waals surface area contributed by atoms with Gasteiger partial charge in [0, 0.05) is 18.2 Å². The van der Waals surface area contributed by atoms with E-state index in [1.54, 1.807) is 6.92 Å². The quantitative estimate of drug-likeness (QED) is 0.556. The smallest absolute Gasteiger partial charge is 0.324 e. The maximum atomic E-state index is 13.0. The number of carbonyl (C=O) groups excluding carboxylic acids is 1. The van der Waals surface area contributed by atoms with Crippen molar-refractivity contribution in [3.8, 4) is 11.3 Å². The molecule has 0 aliphatic heterocycles. The molecule has 16 heavy (non-hydrogen) atoms. The molecule has 1 saturated carbocycles. The molecule has 0 spiro atoms. The van der Waals surface area contributed by atoms with Gasteiger partial charge >= 0.3 is 5.97 Å². The van der Waals surface area contributed by atoms with Gasteiger partial charge in [-0.05, 0) is 31.4 Å². The second kappa shape index (κ2) is 5.01. The van der Waals surface area contributed by atoms with E-state index in [9.17, 15) is 13.6 Å². The molecule has 0 atom stereocenters. The molecule has 0 aromatic carbocycles. The van der Waals surface area contributed by atoms with E-state index in [0.717, 1.165) is 0 Å². The zero-order valence-electron chi connectivity index (χ0n) is 8.99. The zero-order valence-corrected chi connectivity index (χ0v) is 9.74. The van der Waals surface area contributed by atoms with Gasteiger partial charge in [0.2, 0.25) is 5.92 Å². The standard InChI is InChI=1S/C11H13ClF2O2/c1-2-16-9(15)10(7-8-12)3-5-11(13,14)6-4-10/h2-6H2,1H3. The molecule has 0 aromatic heterocycles. The van der Waals surface area contributed by atoms with Gasteiger partial charge in [-0.1, -0.05) is 5.92 Å². The van der Waals surface area contributed by atoms with Crippen LogP contribution in [-0.4, -0.2) is 18.5 Å². The van der Waals surface area contributed by atoms with Gasteiger partial charge in [-0.15, -0.1) is 0 Å². The van der Waals surface area contributed by atoms with E-state index in [0.29, 0.717) is 0 Å². The molecule has 0 unspecified atom stereocenters. The number of hydrogen-bond donors (Lipinski definition) is 0. The average molecular weight is 251 g/mol. The number of halogens is 3. The summed E-state index contributed by atoms with van der Waals surface area (Å²) >= 11 is 5.28. The summed E-state index contributed by atoms with van der Waals surface area (Å²) in [5.74, 6) is -0.719. The van der Waals surface area contributed by atoms with Crippen LogP contribution in [0.1, 0.15) is 32.6 Å². The van der Waals surface area contributed by atoms with E-state index >= 15 is 0 Å². The third kappa shape index (κ3) is 2.85. The van der Waals surface area contributed by atoms with Crippen LogP contribution in [0.15, 0.2) is 0 Å². The Bertz CT molecular complexity index is 321. The lowest BCUT2D eigenvalue weighted by atomic mass is 9.73. The third-order valence-electron chi connectivity index (χ3n) is 2.79. The summed E-state index contributed by atoms with van der Waals surface area (Å²) in [6.07, 6.45) is -0.703. The molecule has 0 heterocycles. The topological polar surface area (TPSA) is 26.3 Å². The lowest BCUT2D eigenvalue weighted by molar-refractivity contribution is -0.157. The fourth-order valence-corrected chi connectivity index (χ4v) is 1.96. The van der Waals surface area contributed by atoms with Crippen LogP contribution in [0.4, 0.5) is 8.78 Å². The first kappa shape index (κ1) is 13.2. The van der Waals surface area contributed by atoms with Crippen LogP contribution in [0.5, 0.6) is 0 Å². The van der Waals surface area contributed by atoms with Crippen LogP contribution >= 0.6 is 11.6 Å². The van der Waals surface area contributed by atoms with Crippen LogP contribution in [0, 0.1) is 16.7 Å². The summed E-state index contributed by atoms with van der Waals surface area (Å²) in [6.45, 7) is 1.87. The Morgan fingerprint density at radius 2 is 1.94 bits per heavy atom. The molecule has 1 rings (SSSR count). The number of ether oxygens (including phenoxy) is 1. The van der Waals surface area contributed by atoms with Crippen molar-refractivity contribution in [1.29, 1.82) is 0 Å². The van der Waals surface area contributed by atoms with Gasteiger partial charge in [-0.2, -0.15) is 0 Å². The molecule has 1 aliphatic rings. The Labute approximate surface area is 98.3 Å². The molecule has 1 fully saturated rings. The Kier molecular flexibility index (Phi) is 4.15. The van der Waals surface area contributed by atoms with Gasteiger partial charge in [-0.3, -0.25) is 4.79 Å². The van der Waals surface area contributed by atoms with Crippen molar-refractivity contribution in [2.24, 2.45) is 5.41 Å². The predicted molar refractivity (Wildman–Crippen MR) is 56.1 cm³/mol. The Balaban J connectivity index is 2.83. The highest BCUT2D eigenvalue weighted by molar-refractivity contribution is 6.30. The molecule has 0 amide bonds. The summed E-state index contributed by atoms with van der Waals surface area (Å²) in [5.41, 5.74) is -1.14. The van der Waals surface area contributed by atoms with Crippen LogP contribution in [0.3, 0.4) is 0 Å². The number of hydrogen-bond acceptors (Lipinski definition) is 2. The van der Waals surface area contributed by atoms with E-state index in [4.69, 9.17) is 16.3 Å². The molecular weight excluding hydrogens is 238 g/mol. The number of rotatable bonds is 2. The second-order valence-electron chi connectivity index (χ2n) is 3.88. The monoisotopic (exact) mass is 250 g/mol. The van der Waals surface area contributed by atoms with Gasteiger partial charge in [0.1, 0.15) is 5.41 Å². The Hall–Kier alpha value is -0.820. The van der Waals surface area contributed by atoms with Crippen molar-refractivity contribution in [3.05, 3.63) is 0 Å². The van der Waals surface area contributed by atoms with Crippen molar-refractivity contribution in [3.63, 3.8) is 0 Å². The van der Waals surface area contributed by atoms with E-state index in [1.165, 1.54) is 0 Å². The summed E-state index contributed by atoms with van der Waals surface area (Å²) in [4.78, 5) is 11.7. The lowest BCUT2D eigenvalue weighted by Gasteiger charge is -2.33. The van der Waals surface area contributed by atoms with Gasteiger partial charge in [0.25, 0.3) is 0 Å². The van der Waals surface area contributed by atoms with Gasteiger partial charge in [0.05, 0.1) is 6.61 Å². The van der Waals surface area contributed by atoms with Crippen LogP contribution in [0.2, 0.25) is 0 Å². The van der Waals surface area contributed by atoms with E-state index in [-0.39, 0.29) is 32.3 Å². The maximum absolute atomic E-state index is 13.0. The van der Waals surface area contributed by atoms with Crippen molar-refractivity contribution in [1.82, 2.24) is 0 Å². The van der Waals surface area contributed by atoms with E-state index in [1.807, 2.05) is 0 Å². The van der Waals surface area contributed by atoms with Crippen molar-refractivity contribution in [2.45, 2.75) is 38.5 Å². The molecule has 1 aliphatic carbocycles. The Morgan fingerprint density at radius 1 is 1.38 bits per heavy atom. The zero-order chi connectivity index (χ0) is 12.2. The molecule has 0 aromatic rings.